The van der Waals surface area contributed by atoms with E-state index in [2.05, 4.69) is 0 Å². The zero-order valence-electron chi connectivity index (χ0n) is 10.4. The van der Waals surface area contributed by atoms with Crippen molar-refractivity contribution in [1.82, 2.24) is 4.90 Å². The first-order chi connectivity index (χ1) is 8.42. The fourth-order valence-electron chi connectivity index (χ4n) is 2.03. The second kappa shape index (κ2) is 4.38. The van der Waals surface area contributed by atoms with Crippen LogP contribution in [0.2, 0.25) is 0 Å². The molecule has 1 aliphatic heterocycles. The number of aliphatic hydroxyl groups is 1. The molecule has 94 valence electrons. The van der Waals surface area contributed by atoms with Gasteiger partial charge in [-0.05, 0) is 25.5 Å². The Hall–Kier alpha value is -1.94. The number of nitrogens with zero attached hydrogens (tertiary/aromatic N) is 1. The van der Waals surface area contributed by atoms with Crippen LogP contribution < -0.4 is 0 Å². The highest BCUT2D eigenvalue weighted by Gasteiger charge is 2.40. The Morgan fingerprint density at radius 1 is 1.22 bits per heavy atom. The van der Waals surface area contributed by atoms with E-state index in [1.807, 2.05) is 30.3 Å². The Kier molecular flexibility index (Phi) is 3.05. The minimum atomic E-state index is -1.60. The molecule has 4 heteroatoms. The molecule has 0 aliphatic carbocycles. The molecule has 2 amide bonds. The molecule has 1 aromatic carbocycles. The van der Waals surface area contributed by atoms with Crippen LogP contribution in [-0.2, 0) is 16.1 Å². The van der Waals surface area contributed by atoms with Gasteiger partial charge < -0.3 is 5.11 Å². The molecular formula is C14H15NO3. The van der Waals surface area contributed by atoms with Gasteiger partial charge in [0.25, 0.3) is 11.8 Å². The summed E-state index contributed by atoms with van der Waals surface area (Å²) in [5, 5.41) is 9.96. The van der Waals surface area contributed by atoms with Crippen molar-refractivity contribution in [2.24, 2.45) is 0 Å². The molecule has 0 radical (unpaired) electrons. The second-order valence-corrected chi connectivity index (χ2v) is 4.66. The standard InChI is InChI=1S/C14H15NO3/c1-10-8-14(2,18)13(17)15(12(10)16)9-11-6-4-3-5-7-11/h3-8,18H,9H2,1-2H3. The van der Waals surface area contributed by atoms with E-state index in [0.29, 0.717) is 5.57 Å². The van der Waals surface area contributed by atoms with E-state index in [0.717, 1.165) is 10.5 Å². The average molecular weight is 245 g/mol. The summed E-state index contributed by atoms with van der Waals surface area (Å²) in [4.78, 5) is 25.1. The highest BCUT2D eigenvalue weighted by Crippen LogP contribution is 2.23. The number of hydrogen-bond acceptors (Lipinski definition) is 3. The van der Waals surface area contributed by atoms with Crippen molar-refractivity contribution in [1.29, 1.82) is 0 Å². The van der Waals surface area contributed by atoms with Crippen LogP contribution in [0.25, 0.3) is 0 Å². The lowest BCUT2D eigenvalue weighted by Crippen LogP contribution is -2.52. The van der Waals surface area contributed by atoms with Crippen LogP contribution in [0, 0.1) is 0 Å². The van der Waals surface area contributed by atoms with E-state index in [9.17, 15) is 14.7 Å². The smallest absolute Gasteiger partial charge is 0.265 e. The van der Waals surface area contributed by atoms with E-state index in [4.69, 9.17) is 0 Å². The van der Waals surface area contributed by atoms with Gasteiger partial charge >= 0.3 is 0 Å². The first-order valence-corrected chi connectivity index (χ1v) is 5.74. The van der Waals surface area contributed by atoms with Crippen molar-refractivity contribution in [3.63, 3.8) is 0 Å². The van der Waals surface area contributed by atoms with Crippen molar-refractivity contribution in [2.75, 3.05) is 0 Å². The third kappa shape index (κ3) is 2.19. The SMILES string of the molecule is CC1=CC(C)(O)C(=O)N(Cc2ccccc2)C1=O. The number of hydrogen-bond donors (Lipinski definition) is 1. The van der Waals surface area contributed by atoms with Gasteiger partial charge in [0.1, 0.15) is 0 Å². The van der Waals surface area contributed by atoms with Gasteiger partial charge in [-0.2, -0.15) is 0 Å². The number of amides is 2. The number of benzene rings is 1. The van der Waals surface area contributed by atoms with Gasteiger partial charge in [0.15, 0.2) is 5.60 Å². The van der Waals surface area contributed by atoms with Crippen LogP contribution >= 0.6 is 0 Å². The quantitative estimate of drug-likeness (QED) is 0.798. The predicted octanol–water partition coefficient (Wildman–Crippen LogP) is 1.25. The minimum absolute atomic E-state index is 0.180. The predicted molar refractivity (Wildman–Crippen MR) is 66.4 cm³/mol. The first-order valence-electron chi connectivity index (χ1n) is 5.74. The van der Waals surface area contributed by atoms with E-state index in [-0.39, 0.29) is 12.5 Å². The van der Waals surface area contributed by atoms with Crippen LogP contribution in [0.3, 0.4) is 0 Å². The van der Waals surface area contributed by atoms with Crippen LogP contribution in [0.5, 0.6) is 0 Å². The monoisotopic (exact) mass is 245 g/mol. The molecule has 1 heterocycles. The molecule has 1 aromatic rings. The fraction of sp³-hybridized carbons (Fsp3) is 0.286. The summed E-state index contributed by atoms with van der Waals surface area (Å²) in [5.41, 5.74) is -0.368. The van der Waals surface area contributed by atoms with Crippen LogP contribution in [0.4, 0.5) is 0 Å². The summed E-state index contributed by atoms with van der Waals surface area (Å²) >= 11 is 0. The molecule has 1 aliphatic rings. The molecule has 0 aromatic heterocycles. The Morgan fingerprint density at radius 3 is 2.44 bits per heavy atom. The lowest BCUT2D eigenvalue weighted by atomic mass is 9.96. The maximum absolute atomic E-state index is 12.0. The van der Waals surface area contributed by atoms with E-state index >= 15 is 0 Å². The largest absolute Gasteiger partial charge is 0.376 e. The molecule has 1 unspecified atom stereocenters. The molecule has 1 N–H and O–H groups in total. The molecule has 0 saturated carbocycles. The summed E-state index contributed by atoms with van der Waals surface area (Å²) in [5.74, 6) is -0.933. The van der Waals surface area contributed by atoms with Gasteiger partial charge in [-0.25, -0.2) is 0 Å². The molecule has 1 atom stereocenters. The third-order valence-corrected chi connectivity index (χ3v) is 2.94. The first kappa shape index (κ1) is 12.5. The van der Waals surface area contributed by atoms with Gasteiger partial charge in [-0.3, -0.25) is 14.5 Å². The summed E-state index contributed by atoms with van der Waals surface area (Å²) < 4.78 is 0. The Labute approximate surface area is 106 Å². The van der Waals surface area contributed by atoms with Crippen molar-refractivity contribution in [3.8, 4) is 0 Å². The van der Waals surface area contributed by atoms with Gasteiger partial charge in [-0.15, -0.1) is 0 Å². The van der Waals surface area contributed by atoms with Crippen molar-refractivity contribution in [3.05, 3.63) is 47.5 Å². The summed E-state index contributed by atoms with van der Waals surface area (Å²) in [6.45, 7) is 3.17. The van der Waals surface area contributed by atoms with Gasteiger partial charge in [0, 0.05) is 5.57 Å². The average Bonchev–Trinajstić information content (AvgIpc) is 2.33. The summed E-state index contributed by atoms with van der Waals surface area (Å²) in [7, 11) is 0. The zero-order valence-corrected chi connectivity index (χ0v) is 10.4. The molecule has 0 spiro atoms. The molecular weight excluding hydrogens is 230 g/mol. The number of carbonyl (C=O) groups excluding carboxylic acids is 2. The van der Waals surface area contributed by atoms with Gasteiger partial charge in [-0.1, -0.05) is 30.3 Å². The number of imide groups is 1. The van der Waals surface area contributed by atoms with Crippen molar-refractivity contribution >= 4 is 11.8 Å². The molecule has 0 saturated heterocycles. The normalized spacial score (nSPS) is 24.2. The third-order valence-electron chi connectivity index (χ3n) is 2.94. The maximum atomic E-state index is 12.0. The Bertz CT molecular complexity index is 517. The van der Waals surface area contributed by atoms with Crippen LogP contribution in [-0.4, -0.2) is 27.4 Å². The highest BCUT2D eigenvalue weighted by atomic mass is 16.3. The number of carbonyl (C=O) groups is 2. The highest BCUT2D eigenvalue weighted by molar-refractivity contribution is 6.10. The Balaban J connectivity index is 2.31. The molecule has 18 heavy (non-hydrogen) atoms. The maximum Gasteiger partial charge on any atom is 0.265 e. The topological polar surface area (TPSA) is 57.6 Å². The lowest BCUT2D eigenvalue weighted by Gasteiger charge is -2.32. The molecule has 0 bridgehead atoms. The minimum Gasteiger partial charge on any atom is -0.376 e. The molecule has 4 nitrogen and oxygen atoms in total. The van der Waals surface area contributed by atoms with Gasteiger partial charge in [0.05, 0.1) is 6.54 Å². The summed E-state index contributed by atoms with van der Waals surface area (Å²) in [6.07, 6.45) is 1.30. The fourth-order valence-corrected chi connectivity index (χ4v) is 2.03. The summed E-state index contributed by atoms with van der Waals surface area (Å²) in [6, 6.07) is 9.22. The Morgan fingerprint density at radius 2 is 1.83 bits per heavy atom. The molecule has 2 rings (SSSR count). The van der Waals surface area contributed by atoms with Crippen molar-refractivity contribution < 1.29 is 14.7 Å². The van der Waals surface area contributed by atoms with E-state index < -0.39 is 11.5 Å². The van der Waals surface area contributed by atoms with E-state index in [1.165, 1.54) is 13.0 Å². The lowest BCUT2D eigenvalue weighted by molar-refractivity contribution is -0.155. The van der Waals surface area contributed by atoms with Crippen LogP contribution in [0.15, 0.2) is 42.0 Å². The number of rotatable bonds is 2. The zero-order chi connectivity index (χ0) is 13.3. The molecule has 0 fully saturated rings. The van der Waals surface area contributed by atoms with E-state index in [1.54, 1.807) is 6.92 Å². The van der Waals surface area contributed by atoms with Crippen LogP contribution in [0.1, 0.15) is 19.4 Å². The van der Waals surface area contributed by atoms with Gasteiger partial charge in [0.2, 0.25) is 0 Å². The second-order valence-electron chi connectivity index (χ2n) is 4.66. The van der Waals surface area contributed by atoms with Crippen molar-refractivity contribution in [2.45, 2.75) is 26.0 Å².